The van der Waals surface area contributed by atoms with E-state index in [1.165, 1.54) is 13.4 Å². The molecule has 4 nitrogen and oxygen atoms in total. The number of methoxy groups -OCH3 is 1. The highest BCUT2D eigenvalue weighted by Crippen LogP contribution is 2.04. The summed E-state index contributed by atoms with van der Waals surface area (Å²) < 4.78 is 9.42. The Morgan fingerprint density at radius 1 is 1.85 bits per heavy atom. The summed E-state index contributed by atoms with van der Waals surface area (Å²) in [7, 11) is 1.54. The summed E-state index contributed by atoms with van der Waals surface area (Å²) in [5.74, 6) is 0.0640. The maximum absolute atomic E-state index is 9.45. The van der Waals surface area contributed by atoms with Crippen LogP contribution in [0.1, 0.15) is 0 Å². The Labute approximate surface area is 85.9 Å². The van der Waals surface area contributed by atoms with Crippen LogP contribution in [0.4, 0.5) is 0 Å². The van der Waals surface area contributed by atoms with Crippen molar-refractivity contribution >= 4 is 34.3 Å². The molecule has 0 saturated carbocycles. The van der Waals surface area contributed by atoms with Crippen molar-refractivity contribution in [3.8, 4) is 0 Å². The van der Waals surface area contributed by atoms with E-state index in [1.807, 2.05) is 0 Å². The van der Waals surface area contributed by atoms with Crippen molar-refractivity contribution in [1.29, 1.82) is 5.41 Å². The molecule has 0 fully saturated rings. The number of rotatable bonds is 2. The molecular weight excluding hydrogens is 217 g/mol. The lowest BCUT2D eigenvalue weighted by molar-refractivity contribution is -0.109. The molecule has 0 bridgehead atoms. The monoisotopic (exact) mass is 225 g/mol. The molecule has 0 radical (unpaired) electrons. The average molecular weight is 226 g/mol. The van der Waals surface area contributed by atoms with Crippen LogP contribution in [0.15, 0.2) is 12.3 Å². The quantitative estimate of drug-likeness (QED) is 0.573. The molecule has 0 aromatic heterocycles. The van der Waals surface area contributed by atoms with Crippen molar-refractivity contribution in [2.24, 2.45) is 0 Å². The number of ether oxygens (including phenoxy) is 2. The zero-order chi connectivity index (χ0) is 10.3. The molecule has 1 atom stereocenters. The number of halogens is 2. The van der Waals surface area contributed by atoms with E-state index in [4.69, 9.17) is 33.3 Å². The first kappa shape index (κ1) is 12.4. The fourth-order valence-electron chi connectivity index (χ4n) is 0.524. The Balaban J connectivity index is 0.000000252. The van der Waals surface area contributed by atoms with E-state index in [1.54, 1.807) is 6.08 Å². The van der Waals surface area contributed by atoms with Gasteiger partial charge in [0.15, 0.2) is 6.10 Å². The second-order valence-corrected chi connectivity index (χ2v) is 2.64. The molecule has 0 saturated heterocycles. The average Bonchev–Trinajstić information content (AvgIpc) is 2.52. The van der Waals surface area contributed by atoms with E-state index in [9.17, 15) is 4.79 Å². The molecule has 1 rings (SSSR count). The van der Waals surface area contributed by atoms with Crippen molar-refractivity contribution in [2.75, 3.05) is 13.0 Å². The number of carbonyl (C=O) groups is 1. The minimum atomic E-state index is -0.508. The van der Waals surface area contributed by atoms with Crippen LogP contribution >= 0.6 is 23.2 Å². The third kappa shape index (κ3) is 5.63. The first-order valence-electron chi connectivity index (χ1n) is 3.30. The molecule has 6 heteroatoms. The topological polar surface area (TPSA) is 59.4 Å². The van der Waals surface area contributed by atoms with E-state index >= 15 is 0 Å². The van der Waals surface area contributed by atoms with Crippen LogP contribution in [-0.4, -0.2) is 30.2 Å². The van der Waals surface area contributed by atoms with Gasteiger partial charge in [0.25, 0.3) is 0 Å². The summed E-state index contributed by atoms with van der Waals surface area (Å²) in [4.78, 5) is 9.45. The Morgan fingerprint density at radius 3 is 2.54 bits per heavy atom. The highest BCUT2D eigenvalue weighted by atomic mass is 35.5. The Morgan fingerprint density at radius 2 is 2.38 bits per heavy atom. The van der Waals surface area contributed by atoms with E-state index < -0.39 is 5.24 Å². The highest BCUT2D eigenvalue weighted by molar-refractivity contribution is 6.67. The Hall–Kier alpha value is -0.580. The highest BCUT2D eigenvalue weighted by Gasteiger charge is 2.15. The molecule has 0 amide bonds. The van der Waals surface area contributed by atoms with Crippen LogP contribution in [0, 0.1) is 5.41 Å². The van der Waals surface area contributed by atoms with Gasteiger partial charge >= 0.3 is 0 Å². The lowest BCUT2D eigenvalue weighted by Gasteiger charge is -2.01. The molecule has 74 valence electrons. The third-order valence-electron chi connectivity index (χ3n) is 1.07. The molecule has 0 aliphatic carbocycles. The van der Waals surface area contributed by atoms with Crippen LogP contribution in [0.5, 0.6) is 0 Å². The zero-order valence-corrected chi connectivity index (χ0v) is 8.43. The van der Waals surface area contributed by atoms with Gasteiger partial charge in [0.2, 0.25) is 11.1 Å². The number of alkyl halides is 1. The number of hydrogen-bond acceptors (Lipinski definition) is 4. The maximum Gasteiger partial charge on any atom is 0.236 e. The zero-order valence-electron chi connectivity index (χ0n) is 6.92. The van der Waals surface area contributed by atoms with E-state index in [0.717, 1.165) is 0 Å². The maximum atomic E-state index is 9.45. The van der Waals surface area contributed by atoms with Gasteiger partial charge in [0.05, 0.1) is 12.1 Å². The molecule has 0 aromatic carbocycles. The normalized spacial score (nSPS) is 19.0. The van der Waals surface area contributed by atoms with Gasteiger partial charge in [-0.3, -0.25) is 10.2 Å². The Bertz CT molecular complexity index is 218. The first-order chi connectivity index (χ1) is 6.11. The molecule has 0 aromatic rings. The van der Waals surface area contributed by atoms with Crippen molar-refractivity contribution in [2.45, 2.75) is 6.10 Å². The van der Waals surface area contributed by atoms with Gasteiger partial charge < -0.3 is 9.47 Å². The molecule has 1 aliphatic heterocycles. The van der Waals surface area contributed by atoms with Crippen molar-refractivity contribution in [3.63, 3.8) is 0 Å². The summed E-state index contributed by atoms with van der Waals surface area (Å²) in [6, 6.07) is 0. The summed E-state index contributed by atoms with van der Waals surface area (Å²) in [5.41, 5.74) is 0. The summed E-state index contributed by atoms with van der Waals surface area (Å²) in [6.07, 6.45) is 2.88. The molecular formula is C7H9Cl2NO3. The van der Waals surface area contributed by atoms with Crippen LogP contribution in [-0.2, 0) is 14.3 Å². The molecule has 1 N–H and O–H groups in total. The van der Waals surface area contributed by atoms with Gasteiger partial charge in [-0.25, -0.2) is 0 Å². The fraction of sp³-hybridized carbons (Fsp3) is 0.429. The van der Waals surface area contributed by atoms with Gasteiger partial charge in [0, 0.05) is 7.11 Å². The molecule has 1 heterocycles. The number of hydrogen-bond donors (Lipinski definition) is 1. The molecule has 1 aliphatic rings. The predicted octanol–water partition coefficient (Wildman–Crippen LogP) is 1.51. The predicted molar refractivity (Wildman–Crippen MR) is 50.3 cm³/mol. The van der Waals surface area contributed by atoms with Crippen LogP contribution < -0.4 is 0 Å². The molecule has 13 heavy (non-hydrogen) atoms. The minimum absolute atomic E-state index is 0.0957. The van der Waals surface area contributed by atoms with Crippen molar-refractivity contribution in [3.05, 3.63) is 12.3 Å². The fourth-order valence-corrected chi connectivity index (χ4v) is 0.524. The van der Waals surface area contributed by atoms with Gasteiger partial charge in [-0.2, -0.15) is 0 Å². The van der Waals surface area contributed by atoms with E-state index in [-0.39, 0.29) is 17.9 Å². The van der Waals surface area contributed by atoms with Gasteiger partial charge in [-0.15, -0.1) is 11.6 Å². The summed E-state index contributed by atoms with van der Waals surface area (Å²) in [5, 5.41) is 6.49. The second kappa shape index (κ2) is 6.88. The van der Waals surface area contributed by atoms with Crippen LogP contribution in [0.25, 0.3) is 0 Å². The van der Waals surface area contributed by atoms with Crippen molar-refractivity contribution in [1.82, 2.24) is 0 Å². The summed E-state index contributed by atoms with van der Waals surface area (Å²) in [6.45, 7) is 0. The molecule has 1 unspecified atom stereocenters. The second-order valence-electron chi connectivity index (χ2n) is 1.96. The number of carbonyl (C=O) groups excluding carboxylic acids is 1. The van der Waals surface area contributed by atoms with Crippen LogP contribution in [0.2, 0.25) is 0 Å². The van der Waals surface area contributed by atoms with Gasteiger partial charge in [-0.1, -0.05) is 0 Å². The standard InChI is InChI=1S/C5H7NO2.C2H2Cl2O/c1-7-4-2-3-8-5(4)6;3-1-2(4)5/h2-4,6H,1H3;1H2. The van der Waals surface area contributed by atoms with Gasteiger partial charge in [-0.05, 0) is 17.7 Å². The smallest absolute Gasteiger partial charge is 0.236 e. The third-order valence-corrected chi connectivity index (χ3v) is 1.58. The SMILES string of the molecule is COC1C=COC1=N.O=C(Cl)CCl. The lowest BCUT2D eigenvalue weighted by atomic mass is 10.4. The molecule has 0 spiro atoms. The van der Waals surface area contributed by atoms with E-state index in [2.05, 4.69) is 4.74 Å². The Kier molecular flexibility index (Phi) is 6.58. The first-order valence-corrected chi connectivity index (χ1v) is 4.22. The van der Waals surface area contributed by atoms with Crippen LogP contribution in [0.3, 0.4) is 0 Å². The largest absolute Gasteiger partial charge is 0.448 e. The van der Waals surface area contributed by atoms with Crippen molar-refractivity contribution < 1.29 is 14.3 Å². The summed E-state index contributed by atoms with van der Waals surface area (Å²) >= 11 is 9.55. The van der Waals surface area contributed by atoms with Gasteiger partial charge in [0.1, 0.15) is 0 Å². The number of nitrogens with one attached hydrogen (secondary N) is 1. The van der Waals surface area contributed by atoms with E-state index in [0.29, 0.717) is 0 Å². The lowest BCUT2D eigenvalue weighted by Crippen LogP contribution is -2.15. The minimum Gasteiger partial charge on any atom is -0.448 e.